The first kappa shape index (κ1) is 21.7. The lowest BCUT2D eigenvalue weighted by Crippen LogP contribution is -2.25. The minimum atomic E-state index is -0.756. The average Bonchev–Trinajstić information content (AvgIpc) is 3.54. The van der Waals surface area contributed by atoms with Gasteiger partial charge in [-0.05, 0) is 48.7 Å². The predicted octanol–water partition coefficient (Wildman–Crippen LogP) is 3.88. The number of ether oxygens (including phenoxy) is 4. The molecule has 1 aromatic heterocycles. The Balaban J connectivity index is 1.28. The molecule has 34 heavy (non-hydrogen) atoms. The van der Waals surface area contributed by atoms with Crippen molar-refractivity contribution in [2.24, 2.45) is 0 Å². The number of rotatable bonds is 7. The van der Waals surface area contributed by atoms with E-state index >= 15 is 0 Å². The number of nitrogens with zero attached hydrogens (tertiary/aromatic N) is 1. The summed E-state index contributed by atoms with van der Waals surface area (Å²) in [7, 11) is 1.33. The van der Waals surface area contributed by atoms with Crippen molar-refractivity contribution in [2.75, 3.05) is 13.9 Å². The van der Waals surface area contributed by atoms with Crippen LogP contribution >= 0.6 is 0 Å². The smallest absolute Gasteiger partial charge is 0.316 e. The summed E-state index contributed by atoms with van der Waals surface area (Å²) >= 11 is 0. The number of hydrogen-bond donors (Lipinski definition) is 1. The molecule has 0 spiro atoms. The molecule has 8 nitrogen and oxygen atoms in total. The van der Waals surface area contributed by atoms with Crippen LogP contribution in [-0.4, -0.2) is 30.8 Å². The largest absolute Gasteiger partial charge is 0.468 e. The molecule has 5 rings (SSSR count). The van der Waals surface area contributed by atoms with Crippen LogP contribution in [0.2, 0.25) is 0 Å². The first-order chi connectivity index (χ1) is 16.5. The summed E-state index contributed by atoms with van der Waals surface area (Å²) in [5, 5.41) is 2.70. The lowest BCUT2D eigenvalue weighted by Gasteiger charge is -2.15. The number of nitrogens with one attached hydrogen (secondary N) is 1. The molecule has 2 aromatic carbocycles. The normalized spacial score (nSPS) is 14.9. The first-order valence-corrected chi connectivity index (χ1v) is 10.7. The van der Waals surface area contributed by atoms with E-state index in [0.717, 1.165) is 0 Å². The fourth-order valence-corrected chi connectivity index (χ4v) is 3.89. The van der Waals surface area contributed by atoms with Crippen LogP contribution in [0.4, 0.5) is 4.39 Å². The van der Waals surface area contributed by atoms with Crippen LogP contribution in [0.25, 0.3) is 0 Å². The monoisotopic (exact) mass is 464 g/mol. The summed E-state index contributed by atoms with van der Waals surface area (Å²) in [5.74, 6) is 0.342. The summed E-state index contributed by atoms with van der Waals surface area (Å²) in [5.41, 5.74) is 0.312. The van der Waals surface area contributed by atoms with E-state index in [9.17, 15) is 14.0 Å². The fourth-order valence-electron chi connectivity index (χ4n) is 3.89. The topological polar surface area (TPSA) is 96.0 Å². The van der Waals surface area contributed by atoms with Crippen LogP contribution in [0.1, 0.15) is 34.3 Å². The van der Waals surface area contributed by atoms with E-state index in [4.69, 9.17) is 18.9 Å². The van der Waals surface area contributed by atoms with Gasteiger partial charge in [-0.15, -0.1) is 0 Å². The van der Waals surface area contributed by atoms with E-state index in [1.54, 1.807) is 42.5 Å². The molecule has 3 aromatic rings. The molecule has 0 bridgehead atoms. The second-order valence-electron chi connectivity index (χ2n) is 8.04. The molecule has 174 valence electrons. The molecular weight excluding hydrogens is 443 g/mol. The summed E-state index contributed by atoms with van der Waals surface area (Å²) in [6, 6.07) is 12.8. The van der Waals surface area contributed by atoms with E-state index in [0.29, 0.717) is 41.2 Å². The molecule has 0 saturated heterocycles. The second-order valence-corrected chi connectivity index (χ2v) is 8.04. The predicted molar refractivity (Wildman–Crippen MR) is 117 cm³/mol. The summed E-state index contributed by atoms with van der Waals surface area (Å²) in [6.45, 7) is 0.0891. The molecule has 0 unspecified atom stereocenters. The lowest BCUT2D eigenvalue weighted by molar-refractivity contribution is -0.143. The van der Waals surface area contributed by atoms with E-state index < -0.39 is 17.1 Å². The SMILES string of the molecule is COC(=O)C1(c2ccc(CNC(=O)c3cccnc3Oc3ccc4c(c3)OCO4)c(F)c2)CC1. The van der Waals surface area contributed by atoms with E-state index in [2.05, 4.69) is 10.3 Å². The Morgan fingerprint density at radius 2 is 1.94 bits per heavy atom. The standard InChI is InChI=1S/C25H21FN2O6/c1-31-24(30)25(8-9-25)16-5-4-15(19(26)11-16)13-28-22(29)18-3-2-10-27-23(18)34-17-6-7-20-21(12-17)33-14-32-20/h2-7,10-12H,8-9,13-14H2,1H3,(H,28,29). The molecule has 1 aliphatic carbocycles. The molecule has 1 amide bonds. The highest BCUT2D eigenvalue weighted by Gasteiger charge is 2.52. The summed E-state index contributed by atoms with van der Waals surface area (Å²) in [4.78, 5) is 29.0. The van der Waals surface area contributed by atoms with Crippen LogP contribution < -0.4 is 19.5 Å². The van der Waals surface area contributed by atoms with Gasteiger partial charge in [0.15, 0.2) is 11.5 Å². The minimum absolute atomic E-state index is 0.0471. The first-order valence-electron chi connectivity index (χ1n) is 10.7. The van der Waals surface area contributed by atoms with Gasteiger partial charge in [0.1, 0.15) is 17.1 Å². The third kappa shape index (κ3) is 4.00. The number of esters is 1. The second kappa shape index (κ2) is 8.66. The highest BCUT2D eigenvalue weighted by atomic mass is 19.1. The Morgan fingerprint density at radius 3 is 2.71 bits per heavy atom. The van der Waals surface area contributed by atoms with Gasteiger partial charge in [-0.3, -0.25) is 9.59 Å². The number of hydrogen-bond acceptors (Lipinski definition) is 7. The maximum absolute atomic E-state index is 14.7. The van der Waals surface area contributed by atoms with Crippen molar-refractivity contribution >= 4 is 11.9 Å². The number of fused-ring (bicyclic) bond motifs is 1. The molecule has 2 aliphatic rings. The van der Waals surface area contributed by atoms with Crippen molar-refractivity contribution in [3.05, 3.63) is 77.2 Å². The molecule has 1 fully saturated rings. The molecule has 0 radical (unpaired) electrons. The Hall–Kier alpha value is -4.14. The maximum atomic E-state index is 14.7. The van der Waals surface area contributed by atoms with E-state index in [-0.39, 0.29) is 30.8 Å². The zero-order valence-electron chi connectivity index (χ0n) is 18.3. The van der Waals surface area contributed by atoms with Crippen LogP contribution in [0, 0.1) is 5.82 Å². The van der Waals surface area contributed by atoms with Crippen molar-refractivity contribution in [2.45, 2.75) is 24.8 Å². The number of amides is 1. The van der Waals surface area contributed by atoms with Gasteiger partial charge in [-0.1, -0.05) is 12.1 Å². The van der Waals surface area contributed by atoms with Crippen LogP contribution in [-0.2, 0) is 21.5 Å². The highest BCUT2D eigenvalue weighted by Crippen LogP contribution is 2.49. The van der Waals surface area contributed by atoms with Gasteiger partial charge < -0.3 is 24.3 Å². The third-order valence-electron chi connectivity index (χ3n) is 5.95. The van der Waals surface area contributed by atoms with Gasteiger partial charge in [-0.2, -0.15) is 0 Å². The van der Waals surface area contributed by atoms with Crippen molar-refractivity contribution in [3.63, 3.8) is 0 Å². The number of pyridine rings is 1. The van der Waals surface area contributed by atoms with Gasteiger partial charge in [0, 0.05) is 24.4 Å². The molecule has 1 N–H and O–H groups in total. The van der Waals surface area contributed by atoms with Gasteiger partial charge in [-0.25, -0.2) is 9.37 Å². The van der Waals surface area contributed by atoms with Crippen molar-refractivity contribution in [1.82, 2.24) is 10.3 Å². The van der Waals surface area contributed by atoms with Gasteiger partial charge in [0.05, 0.1) is 12.5 Å². The van der Waals surface area contributed by atoms with Crippen molar-refractivity contribution < 1.29 is 32.9 Å². The van der Waals surface area contributed by atoms with Crippen molar-refractivity contribution in [3.8, 4) is 23.1 Å². The van der Waals surface area contributed by atoms with Crippen molar-refractivity contribution in [1.29, 1.82) is 0 Å². The van der Waals surface area contributed by atoms with E-state index in [1.165, 1.54) is 19.4 Å². The van der Waals surface area contributed by atoms with Gasteiger partial charge in [0.25, 0.3) is 5.91 Å². The number of benzene rings is 2. The number of aromatic nitrogens is 1. The third-order valence-corrected chi connectivity index (χ3v) is 5.95. The Kier molecular flexibility index (Phi) is 5.53. The maximum Gasteiger partial charge on any atom is 0.316 e. The number of methoxy groups -OCH3 is 1. The Morgan fingerprint density at radius 1 is 1.12 bits per heavy atom. The van der Waals surface area contributed by atoms with E-state index in [1.807, 2.05) is 0 Å². The molecule has 9 heteroatoms. The minimum Gasteiger partial charge on any atom is -0.468 e. The van der Waals surface area contributed by atoms with Crippen LogP contribution in [0.15, 0.2) is 54.7 Å². The molecule has 1 saturated carbocycles. The number of halogens is 1. The highest BCUT2D eigenvalue weighted by molar-refractivity contribution is 5.96. The van der Waals surface area contributed by atoms with Gasteiger partial charge in [0.2, 0.25) is 12.7 Å². The molecular formula is C25H21FN2O6. The Bertz CT molecular complexity index is 1270. The zero-order chi connectivity index (χ0) is 23.7. The fraction of sp³-hybridized carbons (Fsp3) is 0.240. The van der Waals surface area contributed by atoms with Gasteiger partial charge >= 0.3 is 5.97 Å². The van der Waals surface area contributed by atoms with Crippen LogP contribution in [0.3, 0.4) is 0 Å². The molecule has 0 atom stereocenters. The lowest BCUT2D eigenvalue weighted by atomic mass is 9.95. The number of carbonyl (C=O) groups excluding carboxylic acids is 2. The molecule has 1 aliphatic heterocycles. The average molecular weight is 464 g/mol. The summed E-state index contributed by atoms with van der Waals surface area (Å²) < 4.78 is 36.0. The molecule has 2 heterocycles. The summed E-state index contributed by atoms with van der Waals surface area (Å²) in [6.07, 6.45) is 2.76. The zero-order valence-corrected chi connectivity index (χ0v) is 18.3. The number of carbonyl (C=O) groups is 2. The quantitative estimate of drug-likeness (QED) is 0.530. The van der Waals surface area contributed by atoms with Crippen LogP contribution in [0.5, 0.6) is 23.1 Å². The Labute approximate surface area is 194 Å².